The van der Waals surface area contributed by atoms with Crippen molar-refractivity contribution in [2.75, 3.05) is 13.6 Å². The van der Waals surface area contributed by atoms with Gasteiger partial charge in [-0.15, -0.1) is 0 Å². The second-order valence-corrected chi connectivity index (χ2v) is 6.91. The zero-order valence-corrected chi connectivity index (χ0v) is 15.9. The van der Waals surface area contributed by atoms with Gasteiger partial charge < -0.3 is 10.0 Å². The number of carboxylic acid groups (broad SMARTS) is 1. The van der Waals surface area contributed by atoms with Gasteiger partial charge in [-0.2, -0.15) is 0 Å². The van der Waals surface area contributed by atoms with Gasteiger partial charge in [-0.1, -0.05) is 59.7 Å². The summed E-state index contributed by atoms with van der Waals surface area (Å²) >= 11 is 11.9. The van der Waals surface area contributed by atoms with Crippen LogP contribution >= 0.6 is 23.8 Å². The maximum Gasteiger partial charge on any atom is 0.323 e. The van der Waals surface area contributed by atoms with Crippen LogP contribution in [0, 0.1) is 6.92 Å². The third-order valence-electron chi connectivity index (χ3n) is 4.05. The molecule has 0 bridgehead atoms. The van der Waals surface area contributed by atoms with Crippen LogP contribution in [-0.2, 0) is 4.79 Å². The van der Waals surface area contributed by atoms with Gasteiger partial charge in [0.05, 0.1) is 16.2 Å². The molecule has 0 aliphatic heterocycles. The van der Waals surface area contributed by atoms with Gasteiger partial charge in [0.1, 0.15) is 11.5 Å². The molecule has 0 atom stereocenters. The van der Waals surface area contributed by atoms with Crippen molar-refractivity contribution in [1.29, 1.82) is 0 Å². The van der Waals surface area contributed by atoms with Crippen molar-refractivity contribution >= 4 is 45.7 Å². The number of aryl methyl sites for hydroxylation is 1. The Balaban J connectivity index is 2.22. The molecule has 1 N–H and O–H groups in total. The molecule has 0 aliphatic rings. The number of nitrogens with zero attached hydrogens (tertiary/aromatic N) is 2. The van der Waals surface area contributed by atoms with Crippen molar-refractivity contribution < 1.29 is 9.90 Å². The summed E-state index contributed by atoms with van der Waals surface area (Å²) in [6.45, 7) is 1.84. The van der Waals surface area contributed by atoms with Crippen LogP contribution in [0.2, 0.25) is 5.02 Å². The standard InChI is InChI=1S/C20H17ClN2O2S/c1-12-5-3-6-13(9-12)17-10-15(20(26)23(2)11-18(24)25)14-7-4-8-16(21)19(14)22-17/h3-10H,11H2,1-2H3,(H,24,25). The Labute approximate surface area is 162 Å². The number of pyridine rings is 1. The molecule has 0 aliphatic carbocycles. The molecule has 2 aromatic carbocycles. The fourth-order valence-electron chi connectivity index (χ4n) is 2.82. The summed E-state index contributed by atoms with van der Waals surface area (Å²) in [5.74, 6) is -0.940. The number of rotatable bonds is 4. The molecule has 0 spiro atoms. The molecule has 26 heavy (non-hydrogen) atoms. The lowest BCUT2D eigenvalue weighted by atomic mass is 10.0. The van der Waals surface area contributed by atoms with Crippen molar-refractivity contribution in [3.05, 3.63) is 64.7 Å². The highest BCUT2D eigenvalue weighted by Gasteiger charge is 2.17. The Bertz CT molecular complexity index is 1020. The zero-order valence-electron chi connectivity index (χ0n) is 14.4. The number of carbonyl (C=O) groups is 1. The maximum absolute atomic E-state index is 11.1. The highest BCUT2D eigenvalue weighted by molar-refractivity contribution is 7.80. The predicted octanol–water partition coefficient (Wildman–Crippen LogP) is 4.56. The Kier molecular flexibility index (Phi) is 5.20. The number of halogens is 1. The van der Waals surface area contributed by atoms with E-state index in [2.05, 4.69) is 0 Å². The van der Waals surface area contributed by atoms with Gasteiger partial charge in [0.25, 0.3) is 0 Å². The summed E-state index contributed by atoms with van der Waals surface area (Å²) in [5.41, 5.74) is 4.21. The fraction of sp³-hybridized carbons (Fsp3) is 0.150. The normalized spacial score (nSPS) is 10.7. The lowest BCUT2D eigenvalue weighted by Gasteiger charge is -2.20. The van der Waals surface area contributed by atoms with E-state index in [-0.39, 0.29) is 6.54 Å². The molecule has 0 amide bonds. The van der Waals surface area contributed by atoms with E-state index in [0.717, 1.165) is 27.8 Å². The molecular formula is C20H17ClN2O2S. The number of carboxylic acids is 1. The smallest absolute Gasteiger partial charge is 0.323 e. The number of hydrogen-bond acceptors (Lipinski definition) is 3. The first-order valence-corrected chi connectivity index (χ1v) is 8.79. The molecule has 0 fully saturated rings. The molecule has 3 aromatic rings. The van der Waals surface area contributed by atoms with Gasteiger partial charge in [-0.05, 0) is 25.1 Å². The first-order chi connectivity index (χ1) is 12.4. The zero-order chi connectivity index (χ0) is 18.8. The molecule has 0 unspecified atom stereocenters. The molecular weight excluding hydrogens is 368 g/mol. The van der Waals surface area contributed by atoms with Crippen LogP contribution < -0.4 is 0 Å². The molecule has 6 heteroatoms. The van der Waals surface area contributed by atoms with Gasteiger partial charge >= 0.3 is 5.97 Å². The number of para-hydroxylation sites is 1. The Morgan fingerprint density at radius 2 is 1.96 bits per heavy atom. The van der Waals surface area contributed by atoms with E-state index in [9.17, 15) is 4.79 Å². The Hall–Kier alpha value is -2.50. The van der Waals surface area contributed by atoms with Crippen LogP contribution in [0.15, 0.2) is 48.5 Å². The molecule has 1 heterocycles. The van der Waals surface area contributed by atoms with Crippen molar-refractivity contribution in [1.82, 2.24) is 9.88 Å². The predicted molar refractivity (Wildman–Crippen MR) is 109 cm³/mol. The van der Waals surface area contributed by atoms with E-state index in [4.69, 9.17) is 33.9 Å². The summed E-state index contributed by atoms with van der Waals surface area (Å²) in [5, 5.41) is 10.4. The molecule has 0 radical (unpaired) electrons. The molecule has 0 saturated carbocycles. The van der Waals surface area contributed by atoms with Crippen LogP contribution in [0.1, 0.15) is 11.1 Å². The number of aliphatic carboxylic acids is 1. The number of thiocarbonyl (C=S) groups is 1. The number of hydrogen-bond donors (Lipinski definition) is 1. The monoisotopic (exact) mass is 384 g/mol. The fourth-order valence-corrected chi connectivity index (χ4v) is 3.27. The Morgan fingerprint density at radius 1 is 1.23 bits per heavy atom. The number of aromatic nitrogens is 1. The van der Waals surface area contributed by atoms with Crippen molar-refractivity contribution in [3.8, 4) is 11.3 Å². The van der Waals surface area contributed by atoms with Crippen LogP contribution in [0.4, 0.5) is 0 Å². The van der Waals surface area contributed by atoms with E-state index in [1.54, 1.807) is 13.1 Å². The second-order valence-electron chi connectivity index (χ2n) is 6.12. The molecule has 0 saturated heterocycles. The van der Waals surface area contributed by atoms with E-state index in [0.29, 0.717) is 15.5 Å². The van der Waals surface area contributed by atoms with Gasteiger partial charge in [-0.25, -0.2) is 4.98 Å². The first kappa shape index (κ1) is 18.3. The van der Waals surface area contributed by atoms with Gasteiger partial charge in [0.2, 0.25) is 0 Å². The van der Waals surface area contributed by atoms with Crippen molar-refractivity contribution in [2.24, 2.45) is 0 Å². The summed E-state index contributed by atoms with van der Waals surface area (Å²) in [4.78, 5) is 17.8. The van der Waals surface area contributed by atoms with E-state index in [1.165, 1.54) is 4.90 Å². The topological polar surface area (TPSA) is 53.4 Å². The third-order valence-corrected chi connectivity index (χ3v) is 4.89. The minimum absolute atomic E-state index is 0.178. The van der Waals surface area contributed by atoms with Gasteiger partial charge in [-0.3, -0.25) is 4.79 Å². The average molecular weight is 385 g/mol. The highest BCUT2D eigenvalue weighted by Crippen LogP contribution is 2.30. The number of fused-ring (bicyclic) bond motifs is 1. The van der Waals surface area contributed by atoms with Crippen molar-refractivity contribution in [2.45, 2.75) is 6.92 Å². The maximum atomic E-state index is 11.1. The van der Waals surface area contributed by atoms with Crippen molar-refractivity contribution in [3.63, 3.8) is 0 Å². The largest absolute Gasteiger partial charge is 0.480 e. The number of benzene rings is 2. The van der Waals surface area contributed by atoms with E-state index in [1.807, 2.05) is 49.4 Å². The molecule has 1 aromatic heterocycles. The Morgan fingerprint density at radius 3 is 2.65 bits per heavy atom. The summed E-state index contributed by atoms with van der Waals surface area (Å²) < 4.78 is 0. The van der Waals surface area contributed by atoms with Crippen LogP contribution in [0.3, 0.4) is 0 Å². The third kappa shape index (κ3) is 3.69. The van der Waals surface area contributed by atoms with Crippen LogP contribution in [0.5, 0.6) is 0 Å². The van der Waals surface area contributed by atoms with E-state index >= 15 is 0 Å². The summed E-state index contributed by atoms with van der Waals surface area (Å²) in [7, 11) is 1.67. The van der Waals surface area contributed by atoms with Crippen LogP contribution in [-0.4, -0.2) is 39.5 Å². The lowest BCUT2D eigenvalue weighted by molar-refractivity contribution is -0.137. The minimum Gasteiger partial charge on any atom is -0.480 e. The molecule has 3 rings (SSSR count). The lowest BCUT2D eigenvalue weighted by Crippen LogP contribution is -2.31. The average Bonchev–Trinajstić information content (AvgIpc) is 2.60. The number of likely N-dealkylation sites (N-methyl/N-ethyl adjacent to an activating group) is 1. The van der Waals surface area contributed by atoms with E-state index < -0.39 is 5.97 Å². The minimum atomic E-state index is -0.940. The molecule has 132 valence electrons. The second kappa shape index (κ2) is 7.40. The highest BCUT2D eigenvalue weighted by atomic mass is 35.5. The summed E-state index contributed by atoms with van der Waals surface area (Å²) in [6, 6.07) is 15.4. The molecule has 4 nitrogen and oxygen atoms in total. The van der Waals surface area contributed by atoms with Crippen LogP contribution in [0.25, 0.3) is 22.2 Å². The SMILES string of the molecule is Cc1cccc(-c2cc(C(=S)N(C)CC(=O)O)c3cccc(Cl)c3n2)c1. The quantitative estimate of drug-likeness (QED) is 0.668. The van der Waals surface area contributed by atoms with Gasteiger partial charge in [0.15, 0.2) is 0 Å². The van der Waals surface area contributed by atoms with Gasteiger partial charge in [0, 0.05) is 23.6 Å². The first-order valence-electron chi connectivity index (χ1n) is 8.00. The summed E-state index contributed by atoms with van der Waals surface area (Å²) in [6.07, 6.45) is 0.